The zero-order valence-electron chi connectivity index (χ0n) is 10.7. The Balaban J connectivity index is 2.23. The van der Waals surface area contributed by atoms with Gasteiger partial charge in [-0.15, -0.1) is 0 Å². The van der Waals surface area contributed by atoms with Crippen LogP contribution < -0.4 is 0 Å². The van der Waals surface area contributed by atoms with Crippen LogP contribution in [-0.4, -0.2) is 12.1 Å². The lowest BCUT2D eigenvalue weighted by Gasteiger charge is -2.12. The molecule has 0 N–H and O–H groups in total. The lowest BCUT2D eigenvalue weighted by Crippen LogP contribution is -2.14. The molecule has 0 spiro atoms. The molecule has 1 aliphatic rings. The highest BCUT2D eigenvalue weighted by Gasteiger charge is 2.10. The Bertz CT molecular complexity index is 479. The molecule has 1 aromatic carbocycles. The Morgan fingerprint density at radius 3 is 2.94 bits per heavy atom. The zero-order chi connectivity index (χ0) is 12.8. The fraction of sp³-hybridized carbons (Fsp3) is 0.438. The Hall–Kier alpha value is -1.75. The molecule has 1 aliphatic carbocycles. The minimum Gasteiger partial charge on any atom is -0.449 e. The highest BCUT2D eigenvalue weighted by molar-refractivity contribution is 5.66. The first-order chi connectivity index (χ1) is 8.75. The molecule has 0 heterocycles. The first-order valence-corrected chi connectivity index (χ1v) is 6.52. The Morgan fingerprint density at radius 2 is 2.11 bits per heavy atom. The number of rotatable bonds is 1. The summed E-state index contributed by atoms with van der Waals surface area (Å²) in [6, 6.07) is 8.22. The van der Waals surface area contributed by atoms with E-state index >= 15 is 0 Å². The third-order valence-corrected chi connectivity index (χ3v) is 3.11. The highest BCUT2D eigenvalue weighted by atomic mass is 16.5. The van der Waals surface area contributed by atoms with Gasteiger partial charge in [0.2, 0.25) is 0 Å². The van der Waals surface area contributed by atoms with Crippen LogP contribution in [0.3, 0.4) is 0 Å². The molecule has 0 amide bonds. The van der Waals surface area contributed by atoms with Crippen LogP contribution in [0.2, 0.25) is 0 Å². The number of carbonyl (C=O) groups is 1. The van der Waals surface area contributed by atoms with Crippen LogP contribution in [0.4, 0.5) is 0 Å². The van der Waals surface area contributed by atoms with Crippen LogP contribution in [0.15, 0.2) is 24.3 Å². The SMILES string of the molecule is CC(=O)OC1C#Cc2ccccc2CCCCC1. The molecule has 1 atom stereocenters. The number of aryl methyl sites for hydroxylation is 1. The van der Waals surface area contributed by atoms with Crippen LogP contribution in [-0.2, 0) is 16.0 Å². The lowest BCUT2D eigenvalue weighted by molar-refractivity contribution is -0.144. The summed E-state index contributed by atoms with van der Waals surface area (Å²) in [5.74, 6) is 5.99. The van der Waals surface area contributed by atoms with E-state index in [1.54, 1.807) is 0 Å². The van der Waals surface area contributed by atoms with E-state index in [2.05, 4.69) is 24.0 Å². The number of carbonyl (C=O) groups excluding carboxylic acids is 1. The summed E-state index contributed by atoms with van der Waals surface area (Å²) in [4.78, 5) is 11.0. The molecule has 2 rings (SSSR count). The molecule has 0 fully saturated rings. The van der Waals surface area contributed by atoms with Crippen molar-refractivity contribution in [3.63, 3.8) is 0 Å². The molecule has 0 aliphatic heterocycles. The second-order valence-electron chi connectivity index (χ2n) is 4.62. The quantitative estimate of drug-likeness (QED) is 0.559. The molecule has 1 unspecified atom stereocenters. The van der Waals surface area contributed by atoms with Crippen LogP contribution in [0.25, 0.3) is 0 Å². The Kier molecular flexibility index (Phi) is 4.41. The maximum atomic E-state index is 11.0. The minimum atomic E-state index is -0.256. The third kappa shape index (κ3) is 3.63. The average Bonchev–Trinajstić information content (AvgIpc) is 2.36. The average molecular weight is 242 g/mol. The van der Waals surface area contributed by atoms with Crippen LogP contribution in [0.5, 0.6) is 0 Å². The topological polar surface area (TPSA) is 26.3 Å². The molecule has 0 saturated heterocycles. The second kappa shape index (κ2) is 6.26. The van der Waals surface area contributed by atoms with Gasteiger partial charge in [-0.25, -0.2) is 0 Å². The first-order valence-electron chi connectivity index (χ1n) is 6.52. The fourth-order valence-electron chi connectivity index (χ4n) is 2.20. The standard InChI is InChI=1S/C16H18O2/c1-13(17)18-16-10-4-2-3-7-14-8-5-6-9-15(14)11-12-16/h5-6,8-9,16H,2-4,7,10H2,1H3. The predicted octanol–water partition coefficient (Wildman–Crippen LogP) is 3.09. The first kappa shape index (κ1) is 12.7. The minimum absolute atomic E-state index is 0.250. The van der Waals surface area contributed by atoms with Gasteiger partial charge in [-0.3, -0.25) is 4.79 Å². The van der Waals surface area contributed by atoms with Crippen molar-refractivity contribution in [1.29, 1.82) is 0 Å². The van der Waals surface area contributed by atoms with Gasteiger partial charge in [0.05, 0.1) is 0 Å². The number of ether oxygens (including phenoxy) is 1. The molecular weight excluding hydrogens is 224 g/mol. The number of fused-ring (bicyclic) bond motifs is 1. The number of benzene rings is 1. The predicted molar refractivity (Wildman–Crippen MR) is 71.0 cm³/mol. The molecule has 0 aromatic heterocycles. The van der Waals surface area contributed by atoms with Gasteiger partial charge >= 0.3 is 5.97 Å². The van der Waals surface area contributed by atoms with Crippen molar-refractivity contribution in [3.8, 4) is 11.8 Å². The summed E-state index contributed by atoms with van der Waals surface area (Å²) >= 11 is 0. The largest absolute Gasteiger partial charge is 0.449 e. The van der Waals surface area contributed by atoms with Crippen LogP contribution in [0.1, 0.15) is 43.7 Å². The van der Waals surface area contributed by atoms with E-state index < -0.39 is 0 Å². The van der Waals surface area contributed by atoms with Crippen molar-refractivity contribution in [2.24, 2.45) is 0 Å². The number of hydrogen-bond acceptors (Lipinski definition) is 2. The molecular formula is C16H18O2. The van der Waals surface area contributed by atoms with E-state index in [0.29, 0.717) is 0 Å². The molecule has 0 saturated carbocycles. The number of hydrogen-bond donors (Lipinski definition) is 0. The molecule has 18 heavy (non-hydrogen) atoms. The molecule has 0 radical (unpaired) electrons. The maximum absolute atomic E-state index is 11.0. The van der Waals surface area contributed by atoms with Crippen LogP contribution >= 0.6 is 0 Å². The van der Waals surface area contributed by atoms with E-state index in [1.165, 1.54) is 18.9 Å². The van der Waals surface area contributed by atoms with Gasteiger partial charge in [-0.1, -0.05) is 36.5 Å². The Labute approximate surface area is 108 Å². The van der Waals surface area contributed by atoms with Crippen molar-refractivity contribution >= 4 is 5.97 Å². The fourth-order valence-corrected chi connectivity index (χ4v) is 2.20. The highest BCUT2D eigenvalue weighted by Crippen LogP contribution is 2.15. The van der Waals surface area contributed by atoms with Crippen molar-refractivity contribution in [2.45, 2.75) is 45.1 Å². The van der Waals surface area contributed by atoms with Crippen molar-refractivity contribution in [2.75, 3.05) is 0 Å². The summed E-state index contributed by atoms with van der Waals surface area (Å²) < 4.78 is 5.23. The van der Waals surface area contributed by atoms with Crippen molar-refractivity contribution in [3.05, 3.63) is 35.4 Å². The van der Waals surface area contributed by atoms with Gasteiger partial charge in [0.15, 0.2) is 6.10 Å². The summed E-state index contributed by atoms with van der Waals surface area (Å²) in [6.07, 6.45) is 5.07. The normalized spacial score (nSPS) is 19.1. The van der Waals surface area contributed by atoms with Gasteiger partial charge in [0.25, 0.3) is 0 Å². The van der Waals surface area contributed by atoms with E-state index in [9.17, 15) is 4.79 Å². The lowest BCUT2D eigenvalue weighted by atomic mass is 9.98. The summed E-state index contributed by atoms with van der Waals surface area (Å²) in [5.41, 5.74) is 2.37. The monoisotopic (exact) mass is 242 g/mol. The van der Waals surface area contributed by atoms with Gasteiger partial charge in [-0.2, -0.15) is 0 Å². The molecule has 1 aromatic rings. The van der Waals surface area contributed by atoms with Gasteiger partial charge < -0.3 is 4.74 Å². The van der Waals surface area contributed by atoms with E-state index in [4.69, 9.17) is 4.74 Å². The van der Waals surface area contributed by atoms with Gasteiger partial charge in [0, 0.05) is 12.5 Å². The second-order valence-corrected chi connectivity index (χ2v) is 4.62. The maximum Gasteiger partial charge on any atom is 0.303 e. The van der Waals surface area contributed by atoms with E-state index in [1.807, 2.05) is 12.1 Å². The summed E-state index contributed by atoms with van der Waals surface area (Å²) in [5, 5.41) is 0. The molecule has 2 heteroatoms. The van der Waals surface area contributed by atoms with Gasteiger partial charge in [0.1, 0.15) is 0 Å². The van der Waals surface area contributed by atoms with E-state index in [0.717, 1.165) is 31.2 Å². The Morgan fingerprint density at radius 1 is 1.28 bits per heavy atom. The van der Waals surface area contributed by atoms with Crippen LogP contribution in [0, 0.1) is 11.8 Å². The molecule has 94 valence electrons. The summed E-state index contributed by atoms with van der Waals surface area (Å²) in [6.45, 7) is 1.44. The van der Waals surface area contributed by atoms with Gasteiger partial charge in [-0.05, 0) is 37.3 Å². The van der Waals surface area contributed by atoms with E-state index in [-0.39, 0.29) is 12.1 Å². The summed E-state index contributed by atoms with van der Waals surface area (Å²) in [7, 11) is 0. The van der Waals surface area contributed by atoms with Crippen molar-refractivity contribution in [1.82, 2.24) is 0 Å². The molecule has 0 bridgehead atoms. The zero-order valence-corrected chi connectivity index (χ0v) is 10.7. The molecule has 2 nitrogen and oxygen atoms in total. The number of esters is 1. The smallest absolute Gasteiger partial charge is 0.303 e. The van der Waals surface area contributed by atoms with Crippen molar-refractivity contribution < 1.29 is 9.53 Å². The third-order valence-electron chi connectivity index (χ3n) is 3.11.